The Bertz CT molecular complexity index is 707. The number of rotatable bonds is 4. The first-order valence-electron chi connectivity index (χ1n) is 6.15. The van der Waals surface area contributed by atoms with E-state index in [-0.39, 0.29) is 11.2 Å². The molecular formula is C14H15N3O3. The summed E-state index contributed by atoms with van der Waals surface area (Å²) in [6, 6.07) is 9.84. The van der Waals surface area contributed by atoms with E-state index in [0.717, 1.165) is 5.69 Å². The second-order valence-corrected chi connectivity index (χ2v) is 4.41. The van der Waals surface area contributed by atoms with Gasteiger partial charge in [0.1, 0.15) is 5.69 Å². The van der Waals surface area contributed by atoms with E-state index in [1.807, 2.05) is 13.0 Å². The summed E-state index contributed by atoms with van der Waals surface area (Å²) >= 11 is 0. The number of nitro groups is 1. The van der Waals surface area contributed by atoms with Crippen LogP contribution in [-0.4, -0.2) is 16.5 Å². The van der Waals surface area contributed by atoms with Crippen molar-refractivity contribution in [3.63, 3.8) is 0 Å². The van der Waals surface area contributed by atoms with E-state index in [1.54, 1.807) is 29.8 Å². The van der Waals surface area contributed by atoms with E-state index in [1.165, 1.54) is 12.1 Å². The Balaban J connectivity index is 2.52. The van der Waals surface area contributed by atoms with Gasteiger partial charge in [0.15, 0.2) is 0 Å². The van der Waals surface area contributed by atoms with Gasteiger partial charge in [0.05, 0.1) is 11.5 Å². The number of aromatic nitrogens is 1. The van der Waals surface area contributed by atoms with Crippen molar-refractivity contribution in [1.82, 2.24) is 4.57 Å². The summed E-state index contributed by atoms with van der Waals surface area (Å²) in [5.41, 5.74) is 1.84. The van der Waals surface area contributed by atoms with Crippen LogP contribution in [0.2, 0.25) is 0 Å². The van der Waals surface area contributed by atoms with E-state index < -0.39 is 4.92 Å². The molecule has 1 aromatic heterocycles. The molecule has 0 spiro atoms. The van der Waals surface area contributed by atoms with Gasteiger partial charge in [0.2, 0.25) is 0 Å². The van der Waals surface area contributed by atoms with Crippen LogP contribution in [0.5, 0.6) is 0 Å². The predicted octanol–water partition coefficient (Wildman–Crippen LogP) is 2.15. The zero-order chi connectivity index (χ0) is 14.7. The molecule has 0 aliphatic rings. The normalized spacial score (nSPS) is 10.3. The quantitative estimate of drug-likeness (QED) is 0.684. The molecule has 0 amide bonds. The van der Waals surface area contributed by atoms with Crippen molar-refractivity contribution < 1.29 is 4.92 Å². The van der Waals surface area contributed by atoms with Gasteiger partial charge in [0.25, 0.3) is 11.2 Å². The molecule has 0 fully saturated rings. The highest BCUT2D eigenvalue weighted by atomic mass is 16.6. The van der Waals surface area contributed by atoms with E-state index in [2.05, 4.69) is 5.32 Å². The van der Waals surface area contributed by atoms with Crippen LogP contribution in [0.15, 0.2) is 41.2 Å². The van der Waals surface area contributed by atoms with Crippen molar-refractivity contribution in [2.45, 2.75) is 13.5 Å². The van der Waals surface area contributed by atoms with Gasteiger partial charge in [-0.05, 0) is 13.0 Å². The molecule has 0 aliphatic heterocycles. The average molecular weight is 273 g/mol. The Labute approximate surface area is 115 Å². The minimum absolute atomic E-state index is 0.00614. The number of anilines is 1. The van der Waals surface area contributed by atoms with Crippen LogP contribution in [0.4, 0.5) is 11.4 Å². The maximum absolute atomic E-state index is 11.9. The van der Waals surface area contributed by atoms with Gasteiger partial charge in [0, 0.05) is 30.4 Å². The molecule has 1 heterocycles. The number of hydrogen-bond donors (Lipinski definition) is 1. The van der Waals surface area contributed by atoms with Crippen molar-refractivity contribution >= 4 is 11.4 Å². The van der Waals surface area contributed by atoms with Crippen molar-refractivity contribution in [2.75, 3.05) is 12.4 Å². The van der Waals surface area contributed by atoms with Gasteiger partial charge < -0.3 is 9.88 Å². The van der Waals surface area contributed by atoms with Crippen LogP contribution in [0, 0.1) is 17.0 Å². The minimum Gasteiger partial charge on any atom is -0.382 e. The molecular weight excluding hydrogens is 258 g/mol. The first-order valence-corrected chi connectivity index (χ1v) is 6.15. The van der Waals surface area contributed by atoms with Crippen molar-refractivity contribution in [3.8, 4) is 0 Å². The molecule has 6 nitrogen and oxygen atoms in total. The lowest BCUT2D eigenvalue weighted by Gasteiger charge is -2.13. The Morgan fingerprint density at radius 2 is 1.95 bits per heavy atom. The predicted molar refractivity (Wildman–Crippen MR) is 77.2 cm³/mol. The number of nitro benzene ring substituents is 1. The van der Waals surface area contributed by atoms with Crippen LogP contribution in [0.3, 0.4) is 0 Å². The Morgan fingerprint density at radius 1 is 1.25 bits per heavy atom. The second-order valence-electron chi connectivity index (χ2n) is 4.41. The number of nitrogens with zero attached hydrogens (tertiary/aromatic N) is 2. The molecule has 2 aromatic rings. The van der Waals surface area contributed by atoms with Crippen LogP contribution in [0.25, 0.3) is 0 Å². The fraction of sp³-hybridized carbons (Fsp3) is 0.214. The third-order valence-electron chi connectivity index (χ3n) is 3.17. The molecule has 104 valence electrons. The lowest BCUT2D eigenvalue weighted by Crippen LogP contribution is -2.22. The molecule has 1 N–H and O–H groups in total. The third-order valence-corrected chi connectivity index (χ3v) is 3.17. The van der Waals surface area contributed by atoms with Gasteiger partial charge in [-0.3, -0.25) is 14.9 Å². The number of para-hydroxylation sites is 1. The van der Waals surface area contributed by atoms with E-state index in [9.17, 15) is 14.9 Å². The summed E-state index contributed by atoms with van der Waals surface area (Å²) in [6.45, 7) is 2.13. The third kappa shape index (κ3) is 2.54. The number of aryl methyl sites for hydroxylation is 1. The van der Waals surface area contributed by atoms with Crippen molar-refractivity contribution in [2.24, 2.45) is 0 Å². The SMILES string of the molecule is CNc1c(Cn2c(C)cccc2=O)cccc1[N+](=O)[O-]. The van der Waals surface area contributed by atoms with Crippen LogP contribution < -0.4 is 10.9 Å². The number of nitrogens with one attached hydrogen (secondary N) is 1. The highest BCUT2D eigenvalue weighted by Gasteiger charge is 2.16. The molecule has 0 saturated carbocycles. The zero-order valence-electron chi connectivity index (χ0n) is 11.3. The highest BCUT2D eigenvalue weighted by molar-refractivity contribution is 5.66. The summed E-state index contributed by atoms with van der Waals surface area (Å²) in [7, 11) is 1.63. The summed E-state index contributed by atoms with van der Waals surface area (Å²) in [5, 5.41) is 13.9. The van der Waals surface area contributed by atoms with Crippen LogP contribution >= 0.6 is 0 Å². The summed E-state index contributed by atoms with van der Waals surface area (Å²) in [4.78, 5) is 22.5. The number of benzene rings is 1. The molecule has 20 heavy (non-hydrogen) atoms. The molecule has 2 rings (SSSR count). The fourth-order valence-electron chi connectivity index (χ4n) is 2.16. The number of hydrogen-bond acceptors (Lipinski definition) is 4. The molecule has 0 aliphatic carbocycles. The van der Waals surface area contributed by atoms with Crippen LogP contribution in [0.1, 0.15) is 11.3 Å². The smallest absolute Gasteiger partial charge is 0.292 e. The maximum Gasteiger partial charge on any atom is 0.292 e. The molecule has 0 unspecified atom stereocenters. The molecule has 0 bridgehead atoms. The molecule has 1 aromatic carbocycles. The lowest BCUT2D eigenvalue weighted by atomic mass is 10.1. The van der Waals surface area contributed by atoms with Crippen LogP contribution in [-0.2, 0) is 6.54 Å². The Morgan fingerprint density at radius 3 is 2.55 bits per heavy atom. The summed E-state index contributed by atoms with van der Waals surface area (Å²) < 4.78 is 1.58. The standard InChI is InChI=1S/C14H15N3O3/c1-10-5-3-8-13(18)16(10)9-11-6-4-7-12(17(19)20)14(11)15-2/h3-8,15H,9H2,1-2H3. The molecule has 0 atom stereocenters. The number of pyridine rings is 1. The average Bonchev–Trinajstić information content (AvgIpc) is 2.42. The van der Waals surface area contributed by atoms with Gasteiger partial charge >= 0.3 is 0 Å². The summed E-state index contributed by atoms with van der Waals surface area (Å²) in [5.74, 6) is 0. The first kappa shape index (κ1) is 13.8. The van der Waals surface area contributed by atoms with E-state index in [0.29, 0.717) is 17.8 Å². The Kier molecular flexibility index (Phi) is 3.84. The van der Waals surface area contributed by atoms with Gasteiger partial charge in [-0.1, -0.05) is 18.2 Å². The molecule has 0 radical (unpaired) electrons. The monoisotopic (exact) mass is 273 g/mol. The van der Waals surface area contributed by atoms with Crippen molar-refractivity contribution in [1.29, 1.82) is 0 Å². The highest BCUT2D eigenvalue weighted by Crippen LogP contribution is 2.28. The maximum atomic E-state index is 11.9. The van der Waals surface area contributed by atoms with E-state index in [4.69, 9.17) is 0 Å². The minimum atomic E-state index is -0.435. The first-order chi connectivity index (χ1) is 9.54. The fourth-order valence-corrected chi connectivity index (χ4v) is 2.16. The van der Waals surface area contributed by atoms with Gasteiger partial charge in [-0.2, -0.15) is 0 Å². The van der Waals surface area contributed by atoms with E-state index >= 15 is 0 Å². The zero-order valence-corrected chi connectivity index (χ0v) is 11.3. The molecule has 0 saturated heterocycles. The van der Waals surface area contributed by atoms with Gasteiger partial charge in [-0.15, -0.1) is 0 Å². The second kappa shape index (κ2) is 5.56. The lowest BCUT2D eigenvalue weighted by molar-refractivity contribution is -0.384. The Hall–Kier alpha value is -2.63. The largest absolute Gasteiger partial charge is 0.382 e. The van der Waals surface area contributed by atoms with Gasteiger partial charge in [-0.25, -0.2) is 0 Å². The molecule has 6 heteroatoms. The van der Waals surface area contributed by atoms with Crippen molar-refractivity contribution in [3.05, 3.63) is 68.1 Å². The topological polar surface area (TPSA) is 77.2 Å². The summed E-state index contributed by atoms with van der Waals surface area (Å²) in [6.07, 6.45) is 0.